The standard InChI is InChI=1S/C17H26Cl2N2O2S/c1-13-10-14(2)12-21(11-13)9-4-3-8-20-24(22,23)16-7-5-6-15(18)17(16)19/h5-7,13-14,20H,3-4,8-12H2,1-2H3/t13-,14-/m0/s1. The van der Waals surface area contributed by atoms with Gasteiger partial charge in [-0.15, -0.1) is 0 Å². The maximum atomic E-state index is 12.3. The van der Waals surface area contributed by atoms with E-state index < -0.39 is 10.0 Å². The number of sulfonamides is 1. The fourth-order valence-electron chi connectivity index (χ4n) is 3.41. The smallest absolute Gasteiger partial charge is 0.242 e. The van der Waals surface area contributed by atoms with Crippen LogP contribution in [0.1, 0.15) is 33.1 Å². The Bertz CT molecular complexity index is 642. The average molecular weight is 393 g/mol. The fourth-order valence-corrected chi connectivity index (χ4v) is 5.24. The molecule has 24 heavy (non-hydrogen) atoms. The van der Waals surface area contributed by atoms with Gasteiger partial charge in [0.2, 0.25) is 10.0 Å². The van der Waals surface area contributed by atoms with Crippen LogP contribution in [0.25, 0.3) is 0 Å². The lowest BCUT2D eigenvalue weighted by atomic mass is 9.92. The minimum Gasteiger partial charge on any atom is -0.303 e. The van der Waals surface area contributed by atoms with Crippen molar-refractivity contribution in [3.8, 4) is 0 Å². The number of nitrogens with zero attached hydrogens (tertiary/aromatic N) is 1. The van der Waals surface area contributed by atoms with Crippen LogP contribution in [0.3, 0.4) is 0 Å². The van der Waals surface area contributed by atoms with Crippen molar-refractivity contribution < 1.29 is 8.42 Å². The molecule has 2 atom stereocenters. The van der Waals surface area contributed by atoms with E-state index in [1.54, 1.807) is 12.1 Å². The Morgan fingerprint density at radius 2 is 1.83 bits per heavy atom. The summed E-state index contributed by atoms with van der Waals surface area (Å²) >= 11 is 11.9. The number of benzene rings is 1. The molecule has 0 spiro atoms. The first-order valence-corrected chi connectivity index (χ1v) is 10.7. The quantitative estimate of drug-likeness (QED) is 0.712. The van der Waals surface area contributed by atoms with Crippen molar-refractivity contribution in [1.29, 1.82) is 0 Å². The first-order chi connectivity index (χ1) is 11.3. The predicted octanol–water partition coefficient (Wildman–Crippen LogP) is 4.03. The van der Waals surface area contributed by atoms with Crippen molar-refractivity contribution >= 4 is 33.2 Å². The number of unbranched alkanes of at least 4 members (excludes halogenated alkanes) is 1. The molecule has 4 nitrogen and oxygen atoms in total. The topological polar surface area (TPSA) is 49.4 Å². The zero-order valence-electron chi connectivity index (χ0n) is 14.3. The van der Waals surface area contributed by atoms with Gasteiger partial charge in [0.15, 0.2) is 0 Å². The summed E-state index contributed by atoms with van der Waals surface area (Å²) in [5.74, 6) is 1.49. The molecule has 0 unspecified atom stereocenters. The van der Waals surface area contributed by atoms with Crippen LogP contribution < -0.4 is 4.72 Å². The number of likely N-dealkylation sites (tertiary alicyclic amines) is 1. The summed E-state index contributed by atoms with van der Waals surface area (Å²) in [7, 11) is -3.62. The lowest BCUT2D eigenvalue weighted by Crippen LogP contribution is -2.39. The molecule has 136 valence electrons. The van der Waals surface area contributed by atoms with E-state index in [-0.39, 0.29) is 14.9 Å². The molecule has 1 aromatic rings. The summed E-state index contributed by atoms with van der Waals surface area (Å²) in [6.45, 7) is 8.32. The molecule has 1 aliphatic rings. The second-order valence-corrected chi connectivity index (χ2v) is 9.38. The number of hydrogen-bond acceptors (Lipinski definition) is 3. The van der Waals surface area contributed by atoms with Crippen molar-refractivity contribution in [3.05, 3.63) is 28.2 Å². The first-order valence-electron chi connectivity index (χ1n) is 8.45. The average Bonchev–Trinajstić information content (AvgIpc) is 2.48. The number of hydrogen-bond donors (Lipinski definition) is 1. The van der Waals surface area contributed by atoms with Crippen LogP contribution in [0.2, 0.25) is 10.0 Å². The SMILES string of the molecule is C[C@H]1C[C@H](C)CN(CCCCNS(=O)(=O)c2cccc(Cl)c2Cl)C1. The van der Waals surface area contributed by atoms with Crippen molar-refractivity contribution in [3.63, 3.8) is 0 Å². The van der Waals surface area contributed by atoms with Crippen LogP contribution in [-0.2, 0) is 10.0 Å². The molecule has 0 radical (unpaired) electrons. The molecule has 1 aromatic carbocycles. The highest BCUT2D eigenvalue weighted by Gasteiger charge is 2.21. The van der Waals surface area contributed by atoms with Crippen LogP contribution in [0.15, 0.2) is 23.1 Å². The van der Waals surface area contributed by atoms with Crippen LogP contribution >= 0.6 is 23.2 Å². The van der Waals surface area contributed by atoms with Crippen molar-refractivity contribution in [2.24, 2.45) is 11.8 Å². The highest BCUT2D eigenvalue weighted by molar-refractivity contribution is 7.89. The second kappa shape index (κ2) is 8.86. The zero-order valence-corrected chi connectivity index (χ0v) is 16.6. The zero-order chi connectivity index (χ0) is 17.7. The van der Waals surface area contributed by atoms with Crippen molar-refractivity contribution in [1.82, 2.24) is 9.62 Å². The summed E-state index contributed by atoms with van der Waals surface area (Å²) in [5, 5.41) is 0.316. The third kappa shape index (κ3) is 5.60. The number of halogens is 2. The van der Waals surface area contributed by atoms with Crippen LogP contribution in [0, 0.1) is 11.8 Å². The van der Waals surface area contributed by atoms with Gasteiger partial charge in [0.25, 0.3) is 0 Å². The molecule has 0 bridgehead atoms. The molecule has 2 rings (SSSR count). The van der Waals surface area contributed by atoms with Gasteiger partial charge in [-0.3, -0.25) is 0 Å². The lowest BCUT2D eigenvalue weighted by Gasteiger charge is -2.34. The summed E-state index contributed by atoms with van der Waals surface area (Å²) in [6.07, 6.45) is 3.08. The van der Waals surface area contributed by atoms with E-state index in [9.17, 15) is 8.42 Å². The maximum absolute atomic E-state index is 12.3. The molecular weight excluding hydrogens is 367 g/mol. The minimum atomic E-state index is -3.62. The van der Waals surface area contributed by atoms with E-state index in [1.165, 1.54) is 12.5 Å². The molecule has 0 aliphatic carbocycles. The van der Waals surface area contributed by atoms with Gasteiger partial charge in [-0.05, 0) is 49.8 Å². The van der Waals surface area contributed by atoms with E-state index in [2.05, 4.69) is 23.5 Å². The molecule has 7 heteroatoms. The molecule has 1 heterocycles. The first kappa shape index (κ1) is 20.0. The van der Waals surface area contributed by atoms with Gasteiger partial charge in [-0.2, -0.15) is 0 Å². The van der Waals surface area contributed by atoms with Gasteiger partial charge in [-0.1, -0.05) is 43.1 Å². The Kier molecular flexibility index (Phi) is 7.38. The van der Waals surface area contributed by atoms with Gasteiger partial charge in [0.05, 0.1) is 10.0 Å². The van der Waals surface area contributed by atoms with E-state index in [0.29, 0.717) is 6.54 Å². The maximum Gasteiger partial charge on any atom is 0.242 e. The lowest BCUT2D eigenvalue weighted by molar-refractivity contribution is 0.139. The van der Waals surface area contributed by atoms with E-state index in [1.807, 2.05) is 0 Å². The van der Waals surface area contributed by atoms with Gasteiger partial charge in [-0.25, -0.2) is 13.1 Å². The summed E-state index contributed by atoms with van der Waals surface area (Å²) in [6, 6.07) is 4.62. The third-order valence-electron chi connectivity index (χ3n) is 4.34. The Hall–Kier alpha value is -0.330. The van der Waals surface area contributed by atoms with Crippen LogP contribution in [0.4, 0.5) is 0 Å². The largest absolute Gasteiger partial charge is 0.303 e. The van der Waals surface area contributed by atoms with Crippen LogP contribution in [-0.4, -0.2) is 39.5 Å². The molecule has 0 amide bonds. The Morgan fingerprint density at radius 3 is 2.50 bits per heavy atom. The molecule has 0 aromatic heterocycles. The Balaban J connectivity index is 1.76. The molecule has 1 N–H and O–H groups in total. The molecule has 0 saturated carbocycles. The van der Waals surface area contributed by atoms with Gasteiger partial charge in [0, 0.05) is 19.6 Å². The van der Waals surface area contributed by atoms with E-state index in [4.69, 9.17) is 23.2 Å². The van der Waals surface area contributed by atoms with Crippen molar-refractivity contribution in [2.75, 3.05) is 26.2 Å². The number of piperidine rings is 1. The fraction of sp³-hybridized carbons (Fsp3) is 0.647. The van der Waals surface area contributed by atoms with Crippen molar-refractivity contribution in [2.45, 2.75) is 38.0 Å². The monoisotopic (exact) mass is 392 g/mol. The molecule has 1 fully saturated rings. The van der Waals surface area contributed by atoms with Gasteiger partial charge in [0.1, 0.15) is 4.90 Å². The molecule has 1 aliphatic heterocycles. The van der Waals surface area contributed by atoms with Gasteiger partial charge >= 0.3 is 0 Å². The predicted molar refractivity (Wildman–Crippen MR) is 100 cm³/mol. The normalized spacial score (nSPS) is 22.7. The highest BCUT2D eigenvalue weighted by Crippen LogP contribution is 2.28. The third-order valence-corrected chi connectivity index (χ3v) is 6.78. The second-order valence-electron chi connectivity index (χ2n) is 6.86. The minimum absolute atomic E-state index is 0.0374. The van der Waals surface area contributed by atoms with E-state index in [0.717, 1.165) is 44.3 Å². The Morgan fingerprint density at radius 1 is 1.17 bits per heavy atom. The number of nitrogens with one attached hydrogen (secondary N) is 1. The van der Waals surface area contributed by atoms with Gasteiger partial charge < -0.3 is 4.90 Å². The number of rotatable bonds is 7. The molecule has 1 saturated heterocycles. The summed E-state index contributed by atoms with van der Waals surface area (Å²) in [5.41, 5.74) is 0. The van der Waals surface area contributed by atoms with Crippen LogP contribution in [0.5, 0.6) is 0 Å². The molecular formula is C17H26Cl2N2O2S. The Labute approximate surface area is 155 Å². The highest BCUT2D eigenvalue weighted by atomic mass is 35.5. The summed E-state index contributed by atoms with van der Waals surface area (Å²) in [4.78, 5) is 2.52. The van der Waals surface area contributed by atoms with E-state index >= 15 is 0 Å². The summed E-state index contributed by atoms with van der Waals surface area (Å²) < 4.78 is 27.2.